The second-order valence-corrected chi connectivity index (χ2v) is 6.81. The van der Waals surface area contributed by atoms with Gasteiger partial charge in [-0.3, -0.25) is 5.32 Å². The van der Waals surface area contributed by atoms with Gasteiger partial charge in [-0.15, -0.1) is 10.2 Å². The van der Waals surface area contributed by atoms with E-state index in [0.717, 1.165) is 16.1 Å². The lowest BCUT2D eigenvalue weighted by molar-refractivity contribution is 0.262. The zero-order valence-electron chi connectivity index (χ0n) is 12.5. The Kier molecular flexibility index (Phi) is 4.99. The number of hydrogen-bond acceptors (Lipinski definition) is 4. The van der Waals surface area contributed by atoms with Gasteiger partial charge in [0, 0.05) is 10.6 Å². The molecule has 0 aliphatic heterocycles. The number of carbonyl (C=O) groups excluding carboxylic acids is 1. The van der Waals surface area contributed by atoms with E-state index in [9.17, 15) is 4.79 Å². The molecule has 24 heavy (non-hydrogen) atoms. The minimum Gasteiger partial charge on any atom is -0.306 e. The van der Waals surface area contributed by atoms with E-state index in [1.54, 1.807) is 18.2 Å². The highest BCUT2D eigenvalue weighted by atomic mass is 35.5. The van der Waals surface area contributed by atoms with Crippen LogP contribution in [0.25, 0.3) is 10.6 Å². The van der Waals surface area contributed by atoms with Crippen molar-refractivity contribution in [3.8, 4) is 10.6 Å². The molecule has 5 nitrogen and oxygen atoms in total. The summed E-state index contributed by atoms with van der Waals surface area (Å²) in [4.78, 5) is 12.0. The highest BCUT2D eigenvalue weighted by Gasteiger charge is 2.11. The average Bonchev–Trinajstić information content (AvgIpc) is 2.98. The van der Waals surface area contributed by atoms with Gasteiger partial charge in [-0.1, -0.05) is 58.3 Å². The fraction of sp³-hybridized carbons (Fsp3) is 0.0625. The highest BCUT2D eigenvalue weighted by Crippen LogP contribution is 2.28. The van der Waals surface area contributed by atoms with Crippen molar-refractivity contribution in [3.63, 3.8) is 0 Å². The maximum absolute atomic E-state index is 12.0. The Morgan fingerprint density at radius 1 is 1.08 bits per heavy atom. The molecule has 2 aromatic carbocycles. The molecule has 1 heterocycles. The molecule has 0 saturated heterocycles. The van der Waals surface area contributed by atoms with Gasteiger partial charge in [-0.05, 0) is 31.2 Å². The van der Waals surface area contributed by atoms with Crippen LogP contribution in [0.15, 0.2) is 42.5 Å². The summed E-state index contributed by atoms with van der Waals surface area (Å²) in [6, 6.07) is 12.3. The maximum Gasteiger partial charge on any atom is 0.325 e. The second-order valence-electron chi connectivity index (χ2n) is 4.99. The molecular formula is C16H12Cl2N4OS. The molecule has 122 valence electrons. The van der Waals surface area contributed by atoms with E-state index in [1.165, 1.54) is 11.3 Å². The van der Waals surface area contributed by atoms with Gasteiger partial charge in [0.15, 0.2) is 0 Å². The fourth-order valence-electron chi connectivity index (χ4n) is 2.01. The van der Waals surface area contributed by atoms with Gasteiger partial charge in [0.1, 0.15) is 5.01 Å². The molecule has 8 heteroatoms. The first-order valence-electron chi connectivity index (χ1n) is 6.95. The third kappa shape index (κ3) is 4.03. The first kappa shape index (κ1) is 16.7. The Morgan fingerprint density at radius 2 is 1.92 bits per heavy atom. The monoisotopic (exact) mass is 378 g/mol. The summed E-state index contributed by atoms with van der Waals surface area (Å²) in [5.41, 5.74) is 2.55. The quantitative estimate of drug-likeness (QED) is 0.635. The van der Waals surface area contributed by atoms with Crippen LogP contribution in [0.4, 0.5) is 15.6 Å². The molecule has 0 saturated carbocycles. The lowest BCUT2D eigenvalue weighted by Gasteiger charge is -2.07. The molecule has 0 aliphatic rings. The Morgan fingerprint density at radius 3 is 2.67 bits per heavy atom. The number of rotatable bonds is 3. The Bertz CT molecular complexity index is 897. The molecule has 0 bridgehead atoms. The van der Waals surface area contributed by atoms with Crippen molar-refractivity contribution in [1.29, 1.82) is 0 Å². The van der Waals surface area contributed by atoms with Crippen LogP contribution in [0.2, 0.25) is 10.0 Å². The molecule has 0 fully saturated rings. The lowest BCUT2D eigenvalue weighted by atomic mass is 10.1. The van der Waals surface area contributed by atoms with Gasteiger partial charge in [-0.2, -0.15) is 0 Å². The van der Waals surface area contributed by atoms with Crippen molar-refractivity contribution in [2.45, 2.75) is 6.92 Å². The van der Waals surface area contributed by atoms with E-state index >= 15 is 0 Å². The zero-order valence-corrected chi connectivity index (χ0v) is 14.8. The smallest absolute Gasteiger partial charge is 0.306 e. The molecule has 1 aromatic heterocycles. The van der Waals surface area contributed by atoms with Gasteiger partial charge in [0.25, 0.3) is 0 Å². The Balaban J connectivity index is 1.69. The summed E-state index contributed by atoms with van der Waals surface area (Å²) in [6.07, 6.45) is 0. The van der Waals surface area contributed by atoms with Gasteiger partial charge in [-0.25, -0.2) is 4.79 Å². The van der Waals surface area contributed by atoms with Crippen LogP contribution in [-0.2, 0) is 0 Å². The lowest BCUT2D eigenvalue weighted by Crippen LogP contribution is -2.19. The van der Waals surface area contributed by atoms with Crippen LogP contribution in [0.3, 0.4) is 0 Å². The van der Waals surface area contributed by atoms with Crippen LogP contribution in [0, 0.1) is 6.92 Å². The van der Waals surface area contributed by atoms with Gasteiger partial charge in [0.2, 0.25) is 5.13 Å². The molecular weight excluding hydrogens is 367 g/mol. The summed E-state index contributed by atoms with van der Waals surface area (Å²) < 4.78 is 0. The van der Waals surface area contributed by atoms with Crippen molar-refractivity contribution in [2.24, 2.45) is 0 Å². The predicted molar refractivity (Wildman–Crippen MR) is 99.2 cm³/mol. The van der Waals surface area contributed by atoms with Crippen LogP contribution < -0.4 is 10.6 Å². The average molecular weight is 379 g/mol. The number of nitrogens with zero attached hydrogens (tertiary/aromatic N) is 2. The van der Waals surface area contributed by atoms with Crippen LogP contribution in [-0.4, -0.2) is 16.2 Å². The summed E-state index contributed by atoms with van der Waals surface area (Å²) in [7, 11) is 0. The van der Waals surface area contributed by atoms with E-state index < -0.39 is 6.03 Å². The van der Waals surface area contributed by atoms with Crippen molar-refractivity contribution in [1.82, 2.24) is 10.2 Å². The van der Waals surface area contributed by atoms with E-state index in [1.807, 2.05) is 31.2 Å². The number of carbonyl (C=O) groups is 1. The molecule has 0 aliphatic carbocycles. The highest BCUT2D eigenvalue weighted by molar-refractivity contribution is 7.18. The molecule has 2 N–H and O–H groups in total. The number of anilines is 2. The SMILES string of the molecule is Cc1cccc(-c2nnc(NC(=O)Nc3ccc(Cl)cc3Cl)s2)c1. The Labute approximate surface area is 152 Å². The maximum atomic E-state index is 12.0. The first-order chi connectivity index (χ1) is 11.5. The van der Waals surface area contributed by atoms with Crippen molar-refractivity contribution in [2.75, 3.05) is 10.6 Å². The molecule has 0 unspecified atom stereocenters. The Hall–Kier alpha value is -2.15. The van der Waals surface area contributed by atoms with Crippen molar-refractivity contribution in [3.05, 3.63) is 58.1 Å². The van der Waals surface area contributed by atoms with E-state index in [0.29, 0.717) is 20.9 Å². The summed E-state index contributed by atoms with van der Waals surface area (Å²) in [5.74, 6) is 0. The standard InChI is InChI=1S/C16H12Cl2N4OS/c1-9-3-2-4-10(7-9)14-21-22-16(24-14)20-15(23)19-13-6-5-11(17)8-12(13)18/h2-8H,1H3,(H2,19,20,22,23). The number of aromatic nitrogens is 2. The summed E-state index contributed by atoms with van der Waals surface area (Å²) in [6.45, 7) is 2.01. The second kappa shape index (κ2) is 7.17. The third-order valence-corrected chi connectivity index (χ3v) is 4.53. The number of urea groups is 1. The fourth-order valence-corrected chi connectivity index (χ4v) is 3.20. The number of benzene rings is 2. The minimum absolute atomic E-state index is 0.357. The van der Waals surface area contributed by atoms with Gasteiger partial charge in [0.05, 0.1) is 10.7 Å². The largest absolute Gasteiger partial charge is 0.325 e. The number of aryl methyl sites for hydroxylation is 1. The van der Waals surface area contributed by atoms with Crippen molar-refractivity contribution < 1.29 is 4.79 Å². The molecule has 3 aromatic rings. The van der Waals surface area contributed by atoms with Crippen molar-refractivity contribution >= 4 is 51.4 Å². The van der Waals surface area contributed by atoms with Crippen LogP contribution >= 0.6 is 34.5 Å². The van der Waals surface area contributed by atoms with Crippen LogP contribution in [0.1, 0.15) is 5.56 Å². The number of hydrogen-bond donors (Lipinski definition) is 2. The van der Waals surface area contributed by atoms with E-state index in [4.69, 9.17) is 23.2 Å². The van der Waals surface area contributed by atoms with Crippen LogP contribution in [0.5, 0.6) is 0 Å². The molecule has 3 rings (SSSR count). The topological polar surface area (TPSA) is 66.9 Å². The molecule has 0 spiro atoms. The molecule has 0 atom stereocenters. The summed E-state index contributed by atoms with van der Waals surface area (Å²) >= 11 is 13.1. The number of amides is 2. The molecule has 0 radical (unpaired) electrons. The van der Waals surface area contributed by atoms with E-state index in [-0.39, 0.29) is 0 Å². The first-order valence-corrected chi connectivity index (χ1v) is 8.52. The predicted octanol–water partition coefficient (Wildman–Crippen LogP) is 5.46. The van der Waals surface area contributed by atoms with Gasteiger partial charge >= 0.3 is 6.03 Å². The number of halogens is 2. The third-order valence-electron chi connectivity index (χ3n) is 3.09. The molecule has 2 amide bonds. The normalized spacial score (nSPS) is 10.5. The minimum atomic E-state index is -0.453. The zero-order chi connectivity index (χ0) is 17.1. The summed E-state index contributed by atoms with van der Waals surface area (Å²) in [5, 5.41) is 15.4. The van der Waals surface area contributed by atoms with E-state index in [2.05, 4.69) is 20.8 Å². The number of nitrogens with one attached hydrogen (secondary N) is 2. The van der Waals surface area contributed by atoms with Gasteiger partial charge < -0.3 is 5.32 Å².